The van der Waals surface area contributed by atoms with E-state index < -0.39 is 0 Å². The van der Waals surface area contributed by atoms with Crippen LogP contribution in [0.15, 0.2) is 40.9 Å². The quantitative estimate of drug-likeness (QED) is 0.889. The molecular formula is C16H16BrNO3. The van der Waals surface area contributed by atoms with Crippen molar-refractivity contribution in [1.82, 2.24) is 5.32 Å². The Morgan fingerprint density at radius 1 is 0.952 bits per heavy atom. The van der Waals surface area contributed by atoms with E-state index in [0.29, 0.717) is 17.7 Å². The first kappa shape index (κ1) is 14.2. The molecule has 2 N–H and O–H groups in total. The molecule has 110 valence electrons. The van der Waals surface area contributed by atoms with E-state index in [0.717, 1.165) is 35.7 Å². The molecule has 0 fully saturated rings. The van der Waals surface area contributed by atoms with Gasteiger partial charge in [0.25, 0.3) is 0 Å². The predicted octanol–water partition coefficient (Wildman–Crippen LogP) is 3.22. The summed E-state index contributed by atoms with van der Waals surface area (Å²) in [6.45, 7) is 2.69. The fourth-order valence-electron chi connectivity index (χ4n) is 2.21. The highest BCUT2D eigenvalue weighted by atomic mass is 79.9. The van der Waals surface area contributed by atoms with Gasteiger partial charge >= 0.3 is 0 Å². The fourth-order valence-corrected chi connectivity index (χ4v) is 2.64. The molecule has 0 saturated carbocycles. The van der Waals surface area contributed by atoms with Gasteiger partial charge < -0.3 is 19.9 Å². The van der Waals surface area contributed by atoms with Gasteiger partial charge in [-0.3, -0.25) is 0 Å². The zero-order valence-corrected chi connectivity index (χ0v) is 13.0. The molecule has 1 aliphatic heterocycles. The summed E-state index contributed by atoms with van der Waals surface area (Å²) in [5.41, 5.74) is 2.26. The molecule has 21 heavy (non-hydrogen) atoms. The molecule has 1 heterocycles. The molecule has 0 amide bonds. The van der Waals surface area contributed by atoms with E-state index >= 15 is 0 Å². The molecule has 0 unspecified atom stereocenters. The molecule has 0 radical (unpaired) electrons. The van der Waals surface area contributed by atoms with Crippen LogP contribution in [0, 0.1) is 0 Å². The number of phenolic OH excluding ortho intramolecular Hbond substituents is 1. The summed E-state index contributed by atoms with van der Waals surface area (Å²) in [4.78, 5) is 0. The smallest absolute Gasteiger partial charge is 0.161 e. The third-order valence-electron chi connectivity index (χ3n) is 3.28. The minimum atomic E-state index is 0.255. The van der Waals surface area contributed by atoms with Gasteiger partial charge in [0.05, 0.1) is 4.47 Å². The Balaban J connectivity index is 1.58. The lowest BCUT2D eigenvalue weighted by Crippen LogP contribution is -2.16. The topological polar surface area (TPSA) is 50.7 Å². The molecule has 0 atom stereocenters. The number of hydrogen-bond donors (Lipinski definition) is 2. The molecule has 0 saturated heterocycles. The Bertz CT molecular complexity index is 645. The zero-order chi connectivity index (χ0) is 14.7. The monoisotopic (exact) mass is 349 g/mol. The summed E-state index contributed by atoms with van der Waals surface area (Å²) in [6, 6.07) is 11.5. The van der Waals surface area contributed by atoms with Crippen molar-refractivity contribution < 1.29 is 14.6 Å². The van der Waals surface area contributed by atoms with Crippen molar-refractivity contribution in [1.29, 1.82) is 0 Å². The average molecular weight is 350 g/mol. The first-order chi connectivity index (χ1) is 10.2. The van der Waals surface area contributed by atoms with E-state index in [1.54, 1.807) is 6.07 Å². The van der Waals surface area contributed by atoms with Crippen LogP contribution in [0.4, 0.5) is 0 Å². The van der Waals surface area contributed by atoms with E-state index in [1.807, 2.05) is 30.3 Å². The van der Waals surface area contributed by atoms with E-state index in [-0.39, 0.29) is 5.75 Å². The third kappa shape index (κ3) is 3.49. The second-order valence-corrected chi connectivity index (χ2v) is 5.72. The van der Waals surface area contributed by atoms with Crippen LogP contribution in [0.5, 0.6) is 17.2 Å². The number of aromatic hydroxyl groups is 1. The molecular weight excluding hydrogens is 334 g/mol. The molecule has 5 heteroatoms. The van der Waals surface area contributed by atoms with Crippen molar-refractivity contribution in [2.75, 3.05) is 13.2 Å². The fraction of sp³-hybridized carbons (Fsp3) is 0.250. The molecule has 3 rings (SSSR count). The van der Waals surface area contributed by atoms with Crippen LogP contribution in [-0.4, -0.2) is 18.3 Å². The number of ether oxygens (including phenoxy) is 2. The van der Waals surface area contributed by atoms with Crippen molar-refractivity contribution in [3.05, 3.63) is 52.0 Å². The molecule has 4 nitrogen and oxygen atoms in total. The van der Waals surface area contributed by atoms with Crippen LogP contribution in [0.25, 0.3) is 0 Å². The highest BCUT2D eigenvalue weighted by Crippen LogP contribution is 2.30. The average Bonchev–Trinajstić information content (AvgIpc) is 2.51. The van der Waals surface area contributed by atoms with Crippen molar-refractivity contribution in [2.24, 2.45) is 0 Å². The van der Waals surface area contributed by atoms with Gasteiger partial charge in [0.15, 0.2) is 11.5 Å². The SMILES string of the molecule is Oc1ccc(CNCc2ccc3c(c2)OCCO3)cc1Br. The number of hydrogen-bond acceptors (Lipinski definition) is 4. The van der Waals surface area contributed by atoms with Crippen LogP contribution in [0.3, 0.4) is 0 Å². The standard InChI is InChI=1S/C16H16BrNO3/c17-13-7-11(1-3-14(13)19)9-18-10-12-2-4-15-16(8-12)21-6-5-20-15/h1-4,7-8,18-19H,5-6,9-10H2. The number of nitrogens with one attached hydrogen (secondary N) is 1. The molecule has 1 aliphatic rings. The van der Waals surface area contributed by atoms with Gasteiger partial charge in [-0.25, -0.2) is 0 Å². The molecule has 2 aromatic rings. The van der Waals surface area contributed by atoms with Crippen LogP contribution in [0.1, 0.15) is 11.1 Å². The highest BCUT2D eigenvalue weighted by molar-refractivity contribution is 9.10. The summed E-state index contributed by atoms with van der Waals surface area (Å²) in [7, 11) is 0. The number of benzene rings is 2. The van der Waals surface area contributed by atoms with Crippen molar-refractivity contribution in [2.45, 2.75) is 13.1 Å². The normalized spacial score (nSPS) is 13.2. The maximum atomic E-state index is 9.47. The lowest BCUT2D eigenvalue weighted by Gasteiger charge is -2.19. The first-order valence-electron chi connectivity index (χ1n) is 6.79. The molecule has 0 aliphatic carbocycles. The lowest BCUT2D eigenvalue weighted by molar-refractivity contribution is 0.171. The maximum absolute atomic E-state index is 9.47. The van der Waals surface area contributed by atoms with Gasteiger partial charge in [-0.15, -0.1) is 0 Å². The summed E-state index contributed by atoms with van der Waals surface area (Å²) < 4.78 is 11.8. The van der Waals surface area contributed by atoms with Crippen LogP contribution >= 0.6 is 15.9 Å². The van der Waals surface area contributed by atoms with Gasteiger partial charge in [-0.1, -0.05) is 12.1 Å². The third-order valence-corrected chi connectivity index (χ3v) is 3.91. The predicted molar refractivity (Wildman–Crippen MR) is 83.8 cm³/mol. The van der Waals surface area contributed by atoms with Crippen molar-refractivity contribution in [3.8, 4) is 17.2 Å². The van der Waals surface area contributed by atoms with Gasteiger partial charge in [0.2, 0.25) is 0 Å². The Labute approximate surface area is 131 Å². The summed E-state index contributed by atoms with van der Waals surface area (Å²) in [5.74, 6) is 1.88. The Morgan fingerprint density at radius 2 is 1.62 bits per heavy atom. The summed E-state index contributed by atoms with van der Waals surface area (Å²) in [6.07, 6.45) is 0. The molecule has 0 spiro atoms. The zero-order valence-electron chi connectivity index (χ0n) is 11.4. The lowest BCUT2D eigenvalue weighted by atomic mass is 10.1. The Morgan fingerprint density at radius 3 is 2.38 bits per heavy atom. The summed E-state index contributed by atoms with van der Waals surface area (Å²) in [5, 5.41) is 12.8. The number of halogens is 1. The molecule has 0 bridgehead atoms. The van der Waals surface area contributed by atoms with Gasteiger partial charge in [-0.2, -0.15) is 0 Å². The van der Waals surface area contributed by atoms with E-state index in [1.165, 1.54) is 0 Å². The van der Waals surface area contributed by atoms with Crippen LogP contribution in [-0.2, 0) is 13.1 Å². The largest absolute Gasteiger partial charge is 0.507 e. The van der Waals surface area contributed by atoms with Crippen LogP contribution in [0.2, 0.25) is 0 Å². The van der Waals surface area contributed by atoms with Crippen LogP contribution < -0.4 is 14.8 Å². The molecule has 0 aromatic heterocycles. The summed E-state index contributed by atoms with van der Waals surface area (Å²) >= 11 is 3.32. The van der Waals surface area contributed by atoms with Gasteiger partial charge in [0.1, 0.15) is 19.0 Å². The second kappa shape index (κ2) is 6.37. The second-order valence-electron chi connectivity index (χ2n) is 4.87. The highest BCUT2D eigenvalue weighted by Gasteiger charge is 2.11. The Kier molecular flexibility index (Phi) is 4.31. The Hall–Kier alpha value is -1.72. The minimum Gasteiger partial charge on any atom is -0.507 e. The first-order valence-corrected chi connectivity index (χ1v) is 7.58. The molecule has 2 aromatic carbocycles. The number of fused-ring (bicyclic) bond motifs is 1. The van der Waals surface area contributed by atoms with E-state index in [4.69, 9.17) is 9.47 Å². The maximum Gasteiger partial charge on any atom is 0.161 e. The van der Waals surface area contributed by atoms with E-state index in [2.05, 4.69) is 21.2 Å². The van der Waals surface area contributed by atoms with Gasteiger partial charge in [0, 0.05) is 13.1 Å². The van der Waals surface area contributed by atoms with Crippen molar-refractivity contribution in [3.63, 3.8) is 0 Å². The van der Waals surface area contributed by atoms with E-state index in [9.17, 15) is 5.11 Å². The minimum absolute atomic E-state index is 0.255. The van der Waals surface area contributed by atoms with Crippen molar-refractivity contribution >= 4 is 15.9 Å². The van der Waals surface area contributed by atoms with Gasteiger partial charge in [-0.05, 0) is 51.3 Å². The number of phenols is 1. The number of rotatable bonds is 4.